The van der Waals surface area contributed by atoms with Crippen LogP contribution >= 0.6 is 0 Å². The highest BCUT2D eigenvalue weighted by Gasteiger charge is 2.08. The van der Waals surface area contributed by atoms with Crippen molar-refractivity contribution in [3.05, 3.63) is 36.0 Å². The molecular formula is C14H18N2O2. The number of rotatable bonds is 6. The van der Waals surface area contributed by atoms with Gasteiger partial charge in [0.2, 0.25) is 0 Å². The lowest BCUT2D eigenvalue weighted by atomic mass is 10.1. The van der Waals surface area contributed by atoms with Crippen LogP contribution in [-0.2, 0) is 11.3 Å². The van der Waals surface area contributed by atoms with Gasteiger partial charge < -0.3 is 15.2 Å². The zero-order valence-electron chi connectivity index (χ0n) is 10.6. The van der Waals surface area contributed by atoms with E-state index in [1.165, 1.54) is 0 Å². The van der Waals surface area contributed by atoms with Crippen LogP contribution in [0.3, 0.4) is 0 Å². The number of pyridine rings is 1. The van der Waals surface area contributed by atoms with Crippen molar-refractivity contribution in [2.75, 3.05) is 20.3 Å². The minimum Gasteiger partial charge on any atom is -0.492 e. The number of fused-ring (bicyclic) bond motifs is 1. The molecule has 1 aromatic carbocycles. The van der Waals surface area contributed by atoms with Gasteiger partial charge in [-0.05, 0) is 12.1 Å². The third kappa shape index (κ3) is 2.78. The molecule has 0 aliphatic carbocycles. The second-order valence-corrected chi connectivity index (χ2v) is 4.03. The maximum absolute atomic E-state index is 5.84. The summed E-state index contributed by atoms with van der Waals surface area (Å²) in [6, 6.07) is 7.92. The van der Waals surface area contributed by atoms with Crippen molar-refractivity contribution >= 4 is 10.9 Å². The Hall–Kier alpha value is -1.65. The largest absolute Gasteiger partial charge is 0.492 e. The summed E-state index contributed by atoms with van der Waals surface area (Å²) in [5, 5.41) is 1.01. The van der Waals surface area contributed by atoms with E-state index in [1.807, 2.05) is 24.3 Å². The van der Waals surface area contributed by atoms with E-state index in [2.05, 4.69) is 4.98 Å². The topological polar surface area (TPSA) is 57.4 Å². The van der Waals surface area contributed by atoms with Gasteiger partial charge in [-0.3, -0.25) is 4.98 Å². The van der Waals surface area contributed by atoms with Gasteiger partial charge in [0.05, 0.1) is 12.1 Å². The molecule has 0 fully saturated rings. The molecule has 1 heterocycles. The zero-order valence-corrected chi connectivity index (χ0v) is 10.6. The van der Waals surface area contributed by atoms with E-state index < -0.39 is 0 Å². The van der Waals surface area contributed by atoms with Crippen LogP contribution < -0.4 is 10.5 Å². The van der Waals surface area contributed by atoms with Crippen LogP contribution in [0.15, 0.2) is 30.5 Å². The number of nitrogens with two attached hydrogens (primary N) is 1. The predicted octanol–water partition coefficient (Wildman–Crippen LogP) is 2.11. The Kier molecular flexibility index (Phi) is 4.50. The Balaban J connectivity index is 2.27. The fraction of sp³-hybridized carbons (Fsp3) is 0.357. The summed E-state index contributed by atoms with van der Waals surface area (Å²) in [7, 11) is 1.69. The minimum absolute atomic E-state index is 0.428. The first-order chi connectivity index (χ1) is 8.86. The molecule has 4 heteroatoms. The molecule has 0 bridgehead atoms. The highest BCUT2D eigenvalue weighted by Crippen LogP contribution is 2.28. The normalized spacial score (nSPS) is 10.8. The van der Waals surface area contributed by atoms with Crippen molar-refractivity contribution in [3.8, 4) is 5.75 Å². The Morgan fingerprint density at radius 3 is 2.83 bits per heavy atom. The van der Waals surface area contributed by atoms with Crippen molar-refractivity contribution in [2.24, 2.45) is 5.73 Å². The summed E-state index contributed by atoms with van der Waals surface area (Å²) in [4.78, 5) is 4.37. The molecule has 0 amide bonds. The summed E-state index contributed by atoms with van der Waals surface area (Å²) < 4.78 is 10.9. The molecule has 0 radical (unpaired) electrons. The van der Waals surface area contributed by atoms with Crippen LogP contribution in [0, 0.1) is 0 Å². The smallest absolute Gasteiger partial charge is 0.134 e. The van der Waals surface area contributed by atoms with Gasteiger partial charge in [-0.1, -0.05) is 12.1 Å². The average molecular weight is 246 g/mol. The van der Waals surface area contributed by atoms with Gasteiger partial charge in [0.25, 0.3) is 0 Å². The van der Waals surface area contributed by atoms with E-state index in [0.717, 1.165) is 28.6 Å². The number of para-hydroxylation sites is 1. The van der Waals surface area contributed by atoms with Crippen molar-refractivity contribution in [1.82, 2.24) is 4.98 Å². The number of hydrogen-bond acceptors (Lipinski definition) is 4. The van der Waals surface area contributed by atoms with E-state index in [9.17, 15) is 0 Å². The Morgan fingerprint density at radius 1 is 1.22 bits per heavy atom. The van der Waals surface area contributed by atoms with Gasteiger partial charge in [-0.25, -0.2) is 0 Å². The summed E-state index contributed by atoms with van der Waals surface area (Å²) in [6.45, 7) is 1.74. The lowest BCUT2D eigenvalue weighted by Gasteiger charge is -2.12. The summed E-state index contributed by atoms with van der Waals surface area (Å²) in [6.07, 6.45) is 2.64. The van der Waals surface area contributed by atoms with Gasteiger partial charge in [-0.15, -0.1) is 0 Å². The van der Waals surface area contributed by atoms with Gasteiger partial charge in [-0.2, -0.15) is 0 Å². The molecule has 2 N–H and O–H groups in total. The number of hydrogen-bond donors (Lipinski definition) is 1. The lowest BCUT2D eigenvalue weighted by molar-refractivity contribution is 0.172. The molecule has 4 nitrogen and oxygen atoms in total. The molecule has 0 atom stereocenters. The number of aromatic nitrogens is 1. The molecule has 0 spiro atoms. The van der Waals surface area contributed by atoms with Gasteiger partial charge >= 0.3 is 0 Å². The molecule has 1 aromatic heterocycles. The van der Waals surface area contributed by atoms with Crippen LogP contribution in [0.4, 0.5) is 0 Å². The van der Waals surface area contributed by atoms with Crippen molar-refractivity contribution in [3.63, 3.8) is 0 Å². The highest BCUT2D eigenvalue weighted by molar-refractivity contribution is 5.86. The lowest BCUT2D eigenvalue weighted by Crippen LogP contribution is -2.06. The van der Waals surface area contributed by atoms with Gasteiger partial charge in [0.1, 0.15) is 5.75 Å². The maximum Gasteiger partial charge on any atom is 0.134 e. The van der Waals surface area contributed by atoms with Gasteiger partial charge in [0, 0.05) is 43.8 Å². The quantitative estimate of drug-likeness (QED) is 0.793. The predicted molar refractivity (Wildman–Crippen MR) is 71.6 cm³/mol. The Bertz CT molecular complexity index is 514. The molecule has 0 unspecified atom stereocenters. The molecular weight excluding hydrogens is 228 g/mol. The maximum atomic E-state index is 5.84. The second kappa shape index (κ2) is 6.33. The van der Waals surface area contributed by atoms with E-state index in [0.29, 0.717) is 19.8 Å². The van der Waals surface area contributed by atoms with E-state index >= 15 is 0 Å². The Labute approximate surface area is 107 Å². The first-order valence-corrected chi connectivity index (χ1v) is 6.05. The summed E-state index contributed by atoms with van der Waals surface area (Å²) >= 11 is 0. The molecule has 2 aromatic rings. The molecule has 18 heavy (non-hydrogen) atoms. The fourth-order valence-corrected chi connectivity index (χ4v) is 1.85. The molecule has 0 aliphatic heterocycles. The number of nitrogens with zero attached hydrogens (tertiary/aromatic N) is 1. The van der Waals surface area contributed by atoms with Gasteiger partial charge in [0.15, 0.2) is 0 Å². The number of methoxy groups -OCH3 is 1. The Morgan fingerprint density at radius 2 is 2.06 bits per heavy atom. The molecule has 2 rings (SSSR count). The first-order valence-electron chi connectivity index (χ1n) is 6.05. The third-order valence-corrected chi connectivity index (χ3v) is 2.76. The summed E-state index contributed by atoms with van der Waals surface area (Å²) in [5.74, 6) is 0.846. The van der Waals surface area contributed by atoms with Crippen molar-refractivity contribution in [1.29, 1.82) is 0 Å². The highest BCUT2D eigenvalue weighted by atomic mass is 16.5. The molecule has 0 saturated carbocycles. The second-order valence-electron chi connectivity index (χ2n) is 4.03. The standard InChI is InChI=1S/C14H18N2O2/c1-17-7-4-8-18-14-11(9-15)10-16-13-6-3-2-5-12(13)14/h2-3,5-6,10H,4,7-9,15H2,1H3. The zero-order chi connectivity index (χ0) is 12.8. The monoisotopic (exact) mass is 246 g/mol. The third-order valence-electron chi connectivity index (χ3n) is 2.76. The molecule has 96 valence electrons. The van der Waals surface area contributed by atoms with E-state index in [4.69, 9.17) is 15.2 Å². The van der Waals surface area contributed by atoms with Crippen LogP contribution in [-0.4, -0.2) is 25.3 Å². The van der Waals surface area contributed by atoms with Crippen molar-refractivity contribution in [2.45, 2.75) is 13.0 Å². The average Bonchev–Trinajstić information content (AvgIpc) is 2.43. The first kappa shape index (κ1) is 12.8. The van der Waals surface area contributed by atoms with Crippen LogP contribution in [0.25, 0.3) is 10.9 Å². The number of benzene rings is 1. The van der Waals surface area contributed by atoms with E-state index in [1.54, 1.807) is 13.3 Å². The number of ether oxygens (including phenoxy) is 2. The van der Waals surface area contributed by atoms with E-state index in [-0.39, 0.29) is 0 Å². The fourth-order valence-electron chi connectivity index (χ4n) is 1.85. The van der Waals surface area contributed by atoms with Crippen LogP contribution in [0.1, 0.15) is 12.0 Å². The minimum atomic E-state index is 0.428. The van der Waals surface area contributed by atoms with Crippen LogP contribution in [0.2, 0.25) is 0 Å². The summed E-state index contributed by atoms with van der Waals surface area (Å²) in [5.41, 5.74) is 7.59. The molecule has 0 aliphatic rings. The van der Waals surface area contributed by atoms with Crippen LogP contribution in [0.5, 0.6) is 5.75 Å². The van der Waals surface area contributed by atoms with Crippen molar-refractivity contribution < 1.29 is 9.47 Å². The molecule has 0 saturated heterocycles. The SMILES string of the molecule is COCCCOc1c(CN)cnc2ccccc12.